The minimum absolute atomic E-state index is 0.320. The van der Waals surface area contributed by atoms with Crippen molar-refractivity contribution in [2.45, 2.75) is 45.7 Å². The first-order chi connectivity index (χ1) is 9.21. The van der Waals surface area contributed by atoms with Crippen molar-refractivity contribution in [3.8, 4) is 5.75 Å². The quantitative estimate of drug-likeness (QED) is 0.740. The minimum Gasteiger partial charge on any atom is -0.494 e. The van der Waals surface area contributed by atoms with Crippen LogP contribution in [0.25, 0.3) is 0 Å². The van der Waals surface area contributed by atoms with Crippen molar-refractivity contribution in [1.82, 2.24) is 5.32 Å². The summed E-state index contributed by atoms with van der Waals surface area (Å²) in [4.78, 5) is 0. The van der Waals surface area contributed by atoms with Crippen molar-refractivity contribution in [3.63, 3.8) is 0 Å². The van der Waals surface area contributed by atoms with Crippen LogP contribution in [-0.4, -0.2) is 26.4 Å². The Hall–Kier alpha value is -1.06. The molecule has 2 atom stereocenters. The van der Waals surface area contributed by atoms with E-state index in [1.165, 1.54) is 5.56 Å². The number of ether oxygens (including phenoxy) is 2. The number of methoxy groups -OCH3 is 1. The number of hydrogen-bond acceptors (Lipinski definition) is 3. The summed E-state index contributed by atoms with van der Waals surface area (Å²) in [6, 6.07) is 9.06. The third-order valence-electron chi connectivity index (χ3n) is 3.20. The fraction of sp³-hybridized carbons (Fsp3) is 0.625. The molecule has 0 radical (unpaired) electrons. The van der Waals surface area contributed by atoms with E-state index >= 15 is 0 Å². The molecule has 0 spiro atoms. The number of rotatable bonds is 9. The van der Waals surface area contributed by atoms with Crippen LogP contribution < -0.4 is 10.1 Å². The van der Waals surface area contributed by atoms with E-state index in [1.807, 2.05) is 12.1 Å². The second kappa shape index (κ2) is 8.94. The van der Waals surface area contributed by atoms with Gasteiger partial charge in [0.05, 0.1) is 13.2 Å². The first kappa shape index (κ1) is 16.0. The molecule has 0 aromatic heterocycles. The maximum absolute atomic E-state index is 5.59. The largest absolute Gasteiger partial charge is 0.494 e. The minimum atomic E-state index is 0.320. The van der Waals surface area contributed by atoms with Crippen LogP contribution in [0, 0.1) is 0 Å². The van der Waals surface area contributed by atoms with Gasteiger partial charge in [-0.1, -0.05) is 26.0 Å². The lowest BCUT2D eigenvalue weighted by Crippen LogP contribution is -2.34. The van der Waals surface area contributed by atoms with E-state index < -0.39 is 0 Å². The molecule has 0 saturated heterocycles. The van der Waals surface area contributed by atoms with Gasteiger partial charge in [-0.3, -0.25) is 0 Å². The Morgan fingerprint density at radius 1 is 1.16 bits per heavy atom. The topological polar surface area (TPSA) is 30.5 Å². The van der Waals surface area contributed by atoms with E-state index in [0.717, 1.165) is 31.8 Å². The second-order valence-corrected chi connectivity index (χ2v) is 4.87. The van der Waals surface area contributed by atoms with Crippen molar-refractivity contribution in [3.05, 3.63) is 29.8 Å². The molecule has 1 rings (SSSR count). The summed E-state index contributed by atoms with van der Waals surface area (Å²) in [6.45, 7) is 7.99. The summed E-state index contributed by atoms with van der Waals surface area (Å²) in [5.74, 6) is 0.946. The predicted octanol–water partition coefficient (Wildman–Crippen LogP) is 3.55. The Morgan fingerprint density at radius 2 is 1.84 bits per heavy atom. The van der Waals surface area contributed by atoms with Crippen LogP contribution in [0.1, 0.15) is 45.2 Å². The average Bonchev–Trinajstić information content (AvgIpc) is 2.45. The number of benzene rings is 1. The molecule has 3 nitrogen and oxygen atoms in total. The summed E-state index contributed by atoms with van der Waals surface area (Å²) >= 11 is 0. The van der Waals surface area contributed by atoms with Gasteiger partial charge in [0.1, 0.15) is 5.75 Å². The molecule has 108 valence electrons. The van der Waals surface area contributed by atoms with Crippen molar-refractivity contribution < 1.29 is 9.47 Å². The molecule has 19 heavy (non-hydrogen) atoms. The maximum Gasteiger partial charge on any atom is 0.119 e. The van der Waals surface area contributed by atoms with Crippen molar-refractivity contribution >= 4 is 0 Å². The number of hydrogen-bond donors (Lipinski definition) is 1. The molecule has 0 amide bonds. The van der Waals surface area contributed by atoms with E-state index in [-0.39, 0.29) is 0 Å². The highest BCUT2D eigenvalue weighted by molar-refractivity contribution is 5.29. The standard InChI is InChI=1S/C16H27NO2/c1-5-11-19-16-9-7-14(8-10-16)13(3)17-15(6-2)12-18-4/h7-10,13,15,17H,5-6,11-12H2,1-4H3. The Bertz CT molecular complexity index is 337. The van der Waals surface area contributed by atoms with E-state index in [1.54, 1.807) is 7.11 Å². The van der Waals surface area contributed by atoms with Crippen LogP contribution in [-0.2, 0) is 4.74 Å². The molecule has 0 aliphatic carbocycles. The Kier molecular flexibility index (Phi) is 7.53. The lowest BCUT2D eigenvalue weighted by atomic mass is 10.1. The second-order valence-electron chi connectivity index (χ2n) is 4.87. The van der Waals surface area contributed by atoms with Gasteiger partial charge in [0, 0.05) is 19.2 Å². The van der Waals surface area contributed by atoms with Gasteiger partial charge in [-0.25, -0.2) is 0 Å². The highest BCUT2D eigenvalue weighted by Crippen LogP contribution is 2.18. The van der Waals surface area contributed by atoms with Gasteiger partial charge in [0.2, 0.25) is 0 Å². The van der Waals surface area contributed by atoms with E-state index in [0.29, 0.717) is 12.1 Å². The smallest absolute Gasteiger partial charge is 0.119 e. The Morgan fingerprint density at radius 3 is 2.37 bits per heavy atom. The van der Waals surface area contributed by atoms with Gasteiger partial charge < -0.3 is 14.8 Å². The fourth-order valence-electron chi connectivity index (χ4n) is 2.01. The van der Waals surface area contributed by atoms with Crippen LogP contribution in [0.4, 0.5) is 0 Å². The number of nitrogens with one attached hydrogen (secondary N) is 1. The van der Waals surface area contributed by atoms with Crippen LogP contribution in [0.5, 0.6) is 5.75 Å². The molecule has 3 heteroatoms. The average molecular weight is 265 g/mol. The molecule has 1 aromatic carbocycles. The van der Waals surface area contributed by atoms with Gasteiger partial charge in [-0.2, -0.15) is 0 Å². The van der Waals surface area contributed by atoms with Gasteiger partial charge >= 0.3 is 0 Å². The fourth-order valence-corrected chi connectivity index (χ4v) is 2.01. The van der Waals surface area contributed by atoms with Gasteiger partial charge in [-0.15, -0.1) is 0 Å². The van der Waals surface area contributed by atoms with Crippen LogP contribution >= 0.6 is 0 Å². The van der Waals surface area contributed by atoms with Crippen molar-refractivity contribution in [2.75, 3.05) is 20.3 Å². The van der Waals surface area contributed by atoms with Crippen molar-refractivity contribution in [1.29, 1.82) is 0 Å². The molecule has 2 unspecified atom stereocenters. The summed E-state index contributed by atoms with van der Waals surface area (Å²) in [5.41, 5.74) is 1.28. The molecule has 1 aromatic rings. The third kappa shape index (κ3) is 5.62. The van der Waals surface area contributed by atoms with Gasteiger partial charge in [0.25, 0.3) is 0 Å². The van der Waals surface area contributed by atoms with E-state index in [2.05, 4.69) is 38.2 Å². The molecule has 0 aliphatic heterocycles. The molecular formula is C16H27NO2. The Balaban J connectivity index is 2.54. The van der Waals surface area contributed by atoms with Crippen LogP contribution in [0.15, 0.2) is 24.3 Å². The molecule has 0 saturated carbocycles. The monoisotopic (exact) mass is 265 g/mol. The predicted molar refractivity (Wildman–Crippen MR) is 79.7 cm³/mol. The van der Waals surface area contributed by atoms with E-state index in [9.17, 15) is 0 Å². The highest BCUT2D eigenvalue weighted by atomic mass is 16.5. The first-order valence-corrected chi connectivity index (χ1v) is 7.19. The molecule has 0 bridgehead atoms. The molecule has 0 fully saturated rings. The van der Waals surface area contributed by atoms with Crippen LogP contribution in [0.3, 0.4) is 0 Å². The summed E-state index contributed by atoms with van der Waals surface area (Å²) in [7, 11) is 1.74. The highest BCUT2D eigenvalue weighted by Gasteiger charge is 2.11. The van der Waals surface area contributed by atoms with Gasteiger partial charge in [-0.05, 0) is 37.5 Å². The lowest BCUT2D eigenvalue weighted by Gasteiger charge is -2.22. The van der Waals surface area contributed by atoms with Gasteiger partial charge in [0.15, 0.2) is 0 Å². The first-order valence-electron chi connectivity index (χ1n) is 7.19. The van der Waals surface area contributed by atoms with E-state index in [4.69, 9.17) is 9.47 Å². The SMILES string of the molecule is CCCOc1ccc(C(C)NC(CC)COC)cc1. The Labute approximate surface area is 117 Å². The molecule has 1 N–H and O–H groups in total. The summed E-state index contributed by atoms with van der Waals surface area (Å²) in [6.07, 6.45) is 2.10. The maximum atomic E-state index is 5.59. The molecular weight excluding hydrogens is 238 g/mol. The summed E-state index contributed by atoms with van der Waals surface area (Å²) < 4.78 is 10.8. The summed E-state index contributed by atoms with van der Waals surface area (Å²) in [5, 5.41) is 3.58. The van der Waals surface area contributed by atoms with Crippen LogP contribution in [0.2, 0.25) is 0 Å². The third-order valence-corrected chi connectivity index (χ3v) is 3.20. The molecule has 0 aliphatic rings. The lowest BCUT2D eigenvalue weighted by molar-refractivity contribution is 0.159. The zero-order valence-corrected chi connectivity index (χ0v) is 12.6. The normalized spacial score (nSPS) is 14.1. The zero-order valence-electron chi connectivity index (χ0n) is 12.6. The zero-order chi connectivity index (χ0) is 14.1. The van der Waals surface area contributed by atoms with Crippen molar-refractivity contribution in [2.24, 2.45) is 0 Å². The molecule has 0 heterocycles.